The molecule has 0 heterocycles. The number of hydrogen-bond acceptors (Lipinski definition) is 6. The summed E-state index contributed by atoms with van der Waals surface area (Å²) in [6.07, 6.45) is 3.19. The zero-order valence-electron chi connectivity index (χ0n) is 14.5. The molecule has 0 spiro atoms. The third-order valence-electron chi connectivity index (χ3n) is 3.57. The maximum absolute atomic E-state index is 10.0. The highest BCUT2D eigenvalue weighted by Gasteiger charge is 2.06. The summed E-state index contributed by atoms with van der Waals surface area (Å²) in [6.45, 7) is 2.36. The van der Waals surface area contributed by atoms with Gasteiger partial charge in [-0.25, -0.2) is 0 Å². The predicted octanol–water partition coefficient (Wildman–Crippen LogP) is 3.04. The van der Waals surface area contributed by atoms with Crippen molar-refractivity contribution in [2.24, 2.45) is 9.98 Å². The zero-order chi connectivity index (χ0) is 18.2. The van der Waals surface area contributed by atoms with Crippen LogP contribution >= 0.6 is 0 Å². The lowest BCUT2D eigenvalue weighted by Crippen LogP contribution is -2.04. The molecule has 0 aromatic heterocycles. The van der Waals surface area contributed by atoms with E-state index in [4.69, 9.17) is 9.47 Å². The van der Waals surface area contributed by atoms with Crippen molar-refractivity contribution in [2.45, 2.75) is 13.0 Å². The molecule has 0 amide bonds. The summed E-state index contributed by atoms with van der Waals surface area (Å²) in [7, 11) is 3.00. The SMILES string of the molecule is COc1cccc(C=NC[C@@H](C)N=Cc2cccc(OC)c2O)c1O. The molecule has 0 aliphatic heterocycles. The van der Waals surface area contributed by atoms with E-state index in [-0.39, 0.29) is 17.5 Å². The molecule has 0 fully saturated rings. The van der Waals surface area contributed by atoms with Gasteiger partial charge in [-0.3, -0.25) is 9.98 Å². The van der Waals surface area contributed by atoms with E-state index in [9.17, 15) is 10.2 Å². The van der Waals surface area contributed by atoms with Gasteiger partial charge in [-0.1, -0.05) is 12.1 Å². The van der Waals surface area contributed by atoms with Crippen molar-refractivity contribution in [1.82, 2.24) is 0 Å². The van der Waals surface area contributed by atoms with E-state index in [0.717, 1.165) is 0 Å². The molecule has 2 aromatic carbocycles. The maximum Gasteiger partial charge on any atom is 0.166 e. The lowest BCUT2D eigenvalue weighted by atomic mass is 10.2. The van der Waals surface area contributed by atoms with Crippen LogP contribution in [-0.2, 0) is 0 Å². The fourth-order valence-corrected chi connectivity index (χ4v) is 2.17. The summed E-state index contributed by atoms with van der Waals surface area (Å²) in [5.41, 5.74) is 1.17. The second kappa shape index (κ2) is 8.73. The molecule has 0 aliphatic rings. The van der Waals surface area contributed by atoms with Crippen LogP contribution in [-0.4, -0.2) is 49.4 Å². The molecule has 6 nitrogen and oxygen atoms in total. The summed E-state index contributed by atoms with van der Waals surface area (Å²) < 4.78 is 10.1. The second-order valence-corrected chi connectivity index (χ2v) is 5.42. The van der Waals surface area contributed by atoms with Gasteiger partial charge in [0, 0.05) is 23.6 Å². The van der Waals surface area contributed by atoms with E-state index in [1.807, 2.05) is 6.92 Å². The van der Waals surface area contributed by atoms with Gasteiger partial charge in [-0.2, -0.15) is 0 Å². The minimum Gasteiger partial charge on any atom is -0.504 e. The van der Waals surface area contributed by atoms with E-state index in [1.165, 1.54) is 14.2 Å². The van der Waals surface area contributed by atoms with Gasteiger partial charge >= 0.3 is 0 Å². The third-order valence-corrected chi connectivity index (χ3v) is 3.57. The number of hydrogen-bond donors (Lipinski definition) is 2. The minimum atomic E-state index is -0.0883. The number of ether oxygens (including phenoxy) is 2. The Balaban J connectivity index is 2.00. The second-order valence-electron chi connectivity index (χ2n) is 5.42. The Morgan fingerprint density at radius 3 is 1.96 bits per heavy atom. The van der Waals surface area contributed by atoms with Gasteiger partial charge in [-0.05, 0) is 31.2 Å². The zero-order valence-corrected chi connectivity index (χ0v) is 14.5. The fourth-order valence-electron chi connectivity index (χ4n) is 2.17. The van der Waals surface area contributed by atoms with E-state index in [0.29, 0.717) is 29.2 Å². The first-order valence-electron chi connectivity index (χ1n) is 7.81. The highest BCUT2D eigenvalue weighted by atomic mass is 16.5. The number of phenols is 2. The highest BCUT2D eigenvalue weighted by Crippen LogP contribution is 2.29. The van der Waals surface area contributed by atoms with Crippen molar-refractivity contribution < 1.29 is 19.7 Å². The number of aromatic hydroxyl groups is 2. The molecule has 2 N–H and O–H groups in total. The standard InChI is InChI=1S/C19H22N2O4/c1-13(21-12-15-7-5-9-17(25-3)19(15)23)10-20-11-14-6-4-8-16(24-2)18(14)22/h4-9,11-13,22-23H,10H2,1-3H3/t13-/m1/s1. The van der Waals surface area contributed by atoms with Crippen LogP contribution in [0.25, 0.3) is 0 Å². The van der Waals surface area contributed by atoms with Crippen LogP contribution in [0.1, 0.15) is 18.1 Å². The molecular formula is C19H22N2O4. The molecular weight excluding hydrogens is 320 g/mol. The third kappa shape index (κ3) is 4.73. The Hall–Kier alpha value is -3.02. The molecule has 1 atom stereocenters. The molecule has 2 aromatic rings. The number of methoxy groups -OCH3 is 2. The molecule has 0 bridgehead atoms. The van der Waals surface area contributed by atoms with Gasteiger partial charge in [0.2, 0.25) is 0 Å². The van der Waals surface area contributed by atoms with E-state index in [2.05, 4.69) is 9.98 Å². The van der Waals surface area contributed by atoms with Crippen molar-refractivity contribution in [1.29, 1.82) is 0 Å². The number of para-hydroxylation sites is 2. The normalized spacial score (nSPS) is 12.6. The van der Waals surface area contributed by atoms with Gasteiger partial charge in [0.15, 0.2) is 23.0 Å². The Morgan fingerprint density at radius 2 is 1.44 bits per heavy atom. The quantitative estimate of drug-likeness (QED) is 0.758. The average molecular weight is 342 g/mol. The summed E-state index contributed by atoms with van der Waals surface area (Å²) >= 11 is 0. The van der Waals surface area contributed by atoms with Crippen LogP contribution in [0.4, 0.5) is 0 Å². The van der Waals surface area contributed by atoms with Crippen molar-refractivity contribution in [3.8, 4) is 23.0 Å². The summed E-state index contributed by atoms with van der Waals surface area (Å²) in [5, 5.41) is 20.0. The van der Waals surface area contributed by atoms with E-state index in [1.54, 1.807) is 48.8 Å². The van der Waals surface area contributed by atoms with Crippen molar-refractivity contribution >= 4 is 12.4 Å². The monoisotopic (exact) mass is 342 g/mol. The fraction of sp³-hybridized carbons (Fsp3) is 0.263. The minimum absolute atomic E-state index is 0.0609. The molecule has 0 saturated carbocycles. The summed E-state index contributed by atoms with van der Waals surface area (Å²) in [6, 6.07) is 10.4. The average Bonchev–Trinajstić information content (AvgIpc) is 2.62. The van der Waals surface area contributed by atoms with Crippen LogP contribution in [0.5, 0.6) is 23.0 Å². The largest absolute Gasteiger partial charge is 0.504 e. The van der Waals surface area contributed by atoms with Crippen molar-refractivity contribution in [2.75, 3.05) is 20.8 Å². The first kappa shape index (κ1) is 18.3. The predicted molar refractivity (Wildman–Crippen MR) is 98.8 cm³/mol. The van der Waals surface area contributed by atoms with Gasteiger partial charge in [0.05, 0.1) is 26.8 Å². The molecule has 0 unspecified atom stereocenters. The molecule has 25 heavy (non-hydrogen) atoms. The molecule has 0 radical (unpaired) electrons. The first-order chi connectivity index (χ1) is 12.1. The van der Waals surface area contributed by atoms with E-state index < -0.39 is 0 Å². The van der Waals surface area contributed by atoms with Crippen LogP contribution in [0.3, 0.4) is 0 Å². The first-order valence-corrected chi connectivity index (χ1v) is 7.81. The van der Waals surface area contributed by atoms with Crippen LogP contribution in [0.15, 0.2) is 46.4 Å². The lowest BCUT2D eigenvalue weighted by Gasteiger charge is -2.07. The number of nitrogens with zero attached hydrogens (tertiary/aromatic N) is 2. The van der Waals surface area contributed by atoms with E-state index >= 15 is 0 Å². The topological polar surface area (TPSA) is 83.6 Å². The molecule has 2 rings (SSSR count). The Labute approximate surface area is 147 Å². The Bertz CT molecular complexity index is 772. The van der Waals surface area contributed by atoms with Crippen LogP contribution in [0, 0.1) is 0 Å². The van der Waals surface area contributed by atoms with Gasteiger partial charge in [0.1, 0.15) is 0 Å². The van der Waals surface area contributed by atoms with Crippen LogP contribution < -0.4 is 9.47 Å². The van der Waals surface area contributed by atoms with Gasteiger partial charge in [0.25, 0.3) is 0 Å². The number of phenolic OH excluding ortho intramolecular Hbond substituents is 2. The smallest absolute Gasteiger partial charge is 0.166 e. The molecule has 6 heteroatoms. The Morgan fingerprint density at radius 1 is 0.920 bits per heavy atom. The molecule has 0 saturated heterocycles. The number of benzene rings is 2. The van der Waals surface area contributed by atoms with Crippen molar-refractivity contribution in [3.05, 3.63) is 47.5 Å². The lowest BCUT2D eigenvalue weighted by molar-refractivity contribution is 0.373. The summed E-state index contributed by atoms with van der Waals surface area (Å²) in [4.78, 5) is 8.68. The van der Waals surface area contributed by atoms with Gasteiger partial charge in [-0.15, -0.1) is 0 Å². The van der Waals surface area contributed by atoms with Crippen LogP contribution in [0.2, 0.25) is 0 Å². The Kier molecular flexibility index (Phi) is 6.39. The number of aliphatic imine (C=N–C) groups is 2. The summed E-state index contributed by atoms with van der Waals surface area (Å²) in [5.74, 6) is 0.934. The van der Waals surface area contributed by atoms with Gasteiger partial charge < -0.3 is 19.7 Å². The molecule has 0 aliphatic carbocycles. The van der Waals surface area contributed by atoms with Crippen molar-refractivity contribution in [3.63, 3.8) is 0 Å². The maximum atomic E-state index is 10.0. The highest BCUT2D eigenvalue weighted by molar-refractivity contribution is 5.85. The molecule has 132 valence electrons. The number of rotatable bonds is 7.